The van der Waals surface area contributed by atoms with Crippen LogP contribution in [0, 0.1) is 10.1 Å². The molecule has 0 spiro atoms. The van der Waals surface area contributed by atoms with E-state index in [9.17, 15) is 24.5 Å². The number of imide groups is 1. The fourth-order valence-corrected chi connectivity index (χ4v) is 2.99. The van der Waals surface area contributed by atoms with Gasteiger partial charge in [-0.3, -0.25) is 19.8 Å². The van der Waals surface area contributed by atoms with Crippen LogP contribution in [0.15, 0.2) is 34.4 Å². The topological polar surface area (TPSA) is 141 Å². The number of ether oxygens (including phenoxy) is 2. The normalized spacial score (nSPS) is 14.8. The Kier molecular flexibility index (Phi) is 5.74. The first-order chi connectivity index (χ1) is 14.2. The summed E-state index contributed by atoms with van der Waals surface area (Å²) in [5, 5.41) is 13.7. The molecule has 3 rings (SSSR count). The molecule has 156 valence electrons. The fourth-order valence-electron chi connectivity index (χ4n) is 2.76. The average Bonchev–Trinajstić information content (AvgIpc) is 3.27. The lowest BCUT2D eigenvalue weighted by Crippen LogP contribution is -2.30. The van der Waals surface area contributed by atoms with Crippen molar-refractivity contribution in [3.05, 3.63) is 62.2 Å². The van der Waals surface area contributed by atoms with E-state index in [1.54, 1.807) is 0 Å². The van der Waals surface area contributed by atoms with Crippen molar-refractivity contribution in [1.29, 1.82) is 0 Å². The summed E-state index contributed by atoms with van der Waals surface area (Å²) in [7, 11) is 2.42. The molecule has 0 radical (unpaired) electrons. The van der Waals surface area contributed by atoms with E-state index in [-0.39, 0.29) is 40.1 Å². The van der Waals surface area contributed by atoms with Crippen molar-refractivity contribution in [1.82, 2.24) is 10.2 Å². The first-order valence-electron chi connectivity index (χ1n) is 8.28. The quantitative estimate of drug-likeness (QED) is 0.240. The summed E-state index contributed by atoms with van der Waals surface area (Å²) in [4.78, 5) is 47.7. The van der Waals surface area contributed by atoms with Gasteiger partial charge in [-0.15, -0.1) is 0 Å². The number of nitro groups is 1. The minimum atomic E-state index is -0.738. The molecule has 0 aliphatic carbocycles. The van der Waals surface area contributed by atoms with E-state index in [1.807, 2.05) is 0 Å². The van der Waals surface area contributed by atoms with Crippen LogP contribution in [0.4, 0.5) is 10.5 Å². The molecule has 1 aliphatic rings. The molecule has 0 bridgehead atoms. The highest BCUT2D eigenvalue weighted by Crippen LogP contribution is 2.36. The van der Waals surface area contributed by atoms with Crippen molar-refractivity contribution in [2.24, 2.45) is 0 Å². The summed E-state index contributed by atoms with van der Waals surface area (Å²) in [6.07, 6.45) is 1.22. The number of carbonyl (C=O) groups excluding carboxylic acids is 3. The van der Waals surface area contributed by atoms with Crippen molar-refractivity contribution in [2.75, 3.05) is 14.2 Å². The van der Waals surface area contributed by atoms with Crippen LogP contribution in [0.25, 0.3) is 6.08 Å². The number of nitro benzene ring substituents is 1. The molecular weight excluding hydrogens is 422 g/mol. The molecule has 1 aromatic heterocycles. The first kappa shape index (κ1) is 20.9. The Balaban J connectivity index is 1.89. The largest absolute Gasteiger partial charge is 0.490 e. The molecule has 0 unspecified atom stereocenters. The van der Waals surface area contributed by atoms with Gasteiger partial charge in [0.05, 0.1) is 25.7 Å². The number of hydrogen-bond acceptors (Lipinski definition) is 8. The molecule has 1 N–H and O–H groups in total. The Morgan fingerprint density at radius 2 is 2.07 bits per heavy atom. The molecule has 11 nitrogen and oxygen atoms in total. The van der Waals surface area contributed by atoms with Crippen molar-refractivity contribution in [3.8, 4) is 5.75 Å². The summed E-state index contributed by atoms with van der Waals surface area (Å²) in [5.74, 6) is -1.43. The van der Waals surface area contributed by atoms with E-state index >= 15 is 0 Å². The lowest BCUT2D eigenvalue weighted by molar-refractivity contribution is -0.385. The van der Waals surface area contributed by atoms with Gasteiger partial charge in [-0.25, -0.2) is 9.59 Å². The average molecular weight is 436 g/mol. The third-order valence-electron chi connectivity index (χ3n) is 4.09. The zero-order valence-corrected chi connectivity index (χ0v) is 16.4. The van der Waals surface area contributed by atoms with Crippen LogP contribution in [0.3, 0.4) is 0 Å². The zero-order chi connectivity index (χ0) is 22.0. The van der Waals surface area contributed by atoms with Crippen LogP contribution in [0.2, 0.25) is 5.02 Å². The van der Waals surface area contributed by atoms with Gasteiger partial charge >= 0.3 is 17.7 Å². The monoisotopic (exact) mass is 435 g/mol. The number of hydrogen-bond donors (Lipinski definition) is 1. The van der Waals surface area contributed by atoms with Gasteiger partial charge in [0, 0.05) is 16.7 Å². The molecule has 2 heterocycles. The van der Waals surface area contributed by atoms with Crippen molar-refractivity contribution in [2.45, 2.75) is 6.54 Å². The highest BCUT2D eigenvalue weighted by molar-refractivity contribution is 6.31. The summed E-state index contributed by atoms with van der Waals surface area (Å²) in [5.41, 5.74) is -0.404. The van der Waals surface area contributed by atoms with E-state index in [4.69, 9.17) is 20.8 Å². The molecule has 3 amide bonds. The minimum absolute atomic E-state index is 0.0499. The van der Waals surface area contributed by atoms with Crippen LogP contribution in [0.1, 0.15) is 21.9 Å². The van der Waals surface area contributed by atoms with E-state index in [1.165, 1.54) is 38.5 Å². The van der Waals surface area contributed by atoms with Gasteiger partial charge in [0.25, 0.3) is 5.91 Å². The Labute approximate surface area is 173 Å². The van der Waals surface area contributed by atoms with Crippen LogP contribution in [-0.2, 0) is 16.1 Å². The molecular formula is C18H14ClN3O8. The second-order valence-corrected chi connectivity index (χ2v) is 6.38. The second-order valence-electron chi connectivity index (χ2n) is 5.94. The van der Waals surface area contributed by atoms with E-state index < -0.39 is 28.5 Å². The van der Waals surface area contributed by atoms with Gasteiger partial charge in [-0.1, -0.05) is 11.6 Å². The number of carbonyl (C=O) groups is 3. The van der Waals surface area contributed by atoms with Crippen molar-refractivity contribution in [3.63, 3.8) is 0 Å². The van der Waals surface area contributed by atoms with Crippen LogP contribution in [-0.4, -0.2) is 42.0 Å². The number of methoxy groups -OCH3 is 2. The number of rotatable bonds is 6. The van der Waals surface area contributed by atoms with Gasteiger partial charge in [0.1, 0.15) is 11.5 Å². The zero-order valence-electron chi connectivity index (χ0n) is 15.6. The van der Waals surface area contributed by atoms with Gasteiger partial charge < -0.3 is 19.2 Å². The van der Waals surface area contributed by atoms with Gasteiger partial charge in [-0.05, 0) is 24.3 Å². The molecule has 1 aromatic carbocycles. The lowest BCUT2D eigenvalue weighted by Gasteiger charge is -2.09. The number of nitrogens with one attached hydrogen (secondary N) is 1. The lowest BCUT2D eigenvalue weighted by atomic mass is 10.1. The third-order valence-corrected chi connectivity index (χ3v) is 4.31. The predicted octanol–water partition coefficient (Wildman–Crippen LogP) is 2.73. The fraction of sp³-hybridized carbons (Fsp3) is 0.167. The van der Waals surface area contributed by atoms with Crippen molar-refractivity contribution < 1.29 is 33.2 Å². The van der Waals surface area contributed by atoms with E-state index in [2.05, 4.69) is 10.1 Å². The molecule has 2 aromatic rings. The van der Waals surface area contributed by atoms with Crippen LogP contribution < -0.4 is 10.1 Å². The van der Waals surface area contributed by atoms with Crippen LogP contribution in [0.5, 0.6) is 5.75 Å². The first-order valence-corrected chi connectivity index (χ1v) is 8.66. The van der Waals surface area contributed by atoms with Gasteiger partial charge in [0.15, 0.2) is 0 Å². The molecule has 30 heavy (non-hydrogen) atoms. The number of halogens is 1. The SMILES string of the molecule is COC(=O)c1ccc(CN2C(=O)N/C(=C\c3cc(Cl)cc([N+](=O)[O-])c3OC)C2=O)o1. The molecule has 1 saturated heterocycles. The predicted molar refractivity (Wildman–Crippen MR) is 102 cm³/mol. The molecule has 12 heteroatoms. The number of amides is 3. The van der Waals surface area contributed by atoms with Gasteiger partial charge in [0.2, 0.25) is 11.5 Å². The maximum absolute atomic E-state index is 12.7. The summed E-state index contributed by atoms with van der Waals surface area (Å²) in [6, 6.07) is 4.51. The highest BCUT2D eigenvalue weighted by Gasteiger charge is 2.35. The third kappa shape index (κ3) is 3.96. The summed E-state index contributed by atoms with van der Waals surface area (Å²) >= 11 is 5.93. The van der Waals surface area contributed by atoms with Crippen molar-refractivity contribution >= 4 is 41.3 Å². The van der Waals surface area contributed by atoms with Gasteiger partial charge in [-0.2, -0.15) is 0 Å². The Hall–Kier alpha value is -3.86. The number of benzene rings is 1. The molecule has 1 aliphatic heterocycles. The smallest absolute Gasteiger partial charge is 0.373 e. The summed E-state index contributed by atoms with van der Waals surface area (Å²) in [6.45, 7) is -0.244. The maximum atomic E-state index is 12.7. The van der Waals surface area contributed by atoms with E-state index in [0.29, 0.717) is 0 Å². The van der Waals surface area contributed by atoms with Crippen LogP contribution >= 0.6 is 11.6 Å². The molecule has 0 atom stereocenters. The number of esters is 1. The number of urea groups is 1. The Morgan fingerprint density at radius 3 is 2.70 bits per heavy atom. The molecule has 1 fully saturated rings. The minimum Gasteiger partial charge on any atom is -0.490 e. The summed E-state index contributed by atoms with van der Waals surface area (Å²) < 4.78 is 14.9. The second kappa shape index (κ2) is 8.25. The highest BCUT2D eigenvalue weighted by atomic mass is 35.5. The number of nitrogens with zero attached hydrogens (tertiary/aromatic N) is 2. The van der Waals surface area contributed by atoms with E-state index in [0.717, 1.165) is 11.0 Å². The number of furan rings is 1. The Morgan fingerprint density at radius 1 is 1.33 bits per heavy atom. The Bertz CT molecular complexity index is 1090. The molecule has 0 saturated carbocycles. The standard InChI is InChI=1S/C18H14ClN3O8/c1-28-15-9(5-10(19)7-13(15)22(26)27)6-12-16(23)21(18(25)20-12)8-11-3-4-14(30-11)17(24)29-2/h3-7H,8H2,1-2H3,(H,20,25)/b12-6-. The maximum Gasteiger partial charge on any atom is 0.373 e.